The van der Waals surface area contributed by atoms with Crippen LogP contribution in [0.4, 0.5) is 10.5 Å². The molecule has 0 saturated heterocycles. The van der Waals surface area contributed by atoms with Crippen molar-refractivity contribution in [3.8, 4) is 5.69 Å². The van der Waals surface area contributed by atoms with Crippen LogP contribution in [0.5, 0.6) is 0 Å². The Bertz CT molecular complexity index is 1100. The molecule has 1 atom stereocenters. The van der Waals surface area contributed by atoms with Crippen LogP contribution in [0.15, 0.2) is 47.3 Å². The quantitative estimate of drug-likeness (QED) is 0.461. The standard InChI is InChI=1S/C20H22ClN5O3/c1-12(22)18-25-16-8-3-7-15(21)17(16)19(28)26(18)14-6-2-5-13(11-14)24-20(29)23-9-4-10-27/h2-3,5-8,11-12,27H,4,9-10,22H2,1H3,(H2,23,24,29). The number of halogens is 1. The molecule has 3 aromatic rings. The Balaban J connectivity index is 2.05. The van der Waals surface area contributed by atoms with E-state index in [1.165, 1.54) is 4.57 Å². The van der Waals surface area contributed by atoms with Gasteiger partial charge >= 0.3 is 6.03 Å². The molecule has 2 amide bonds. The van der Waals surface area contributed by atoms with Crippen LogP contribution in [0.25, 0.3) is 16.6 Å². The van der Waals surface area contributed by atoms with Gasteiger partial charge in [-0.05, 0) is 43.7 Å². The van der Waals surface area contributed by atoms with Crippen LogP contribution in [-0.2, 0) is 0 Å². The van der Waals surface area contributed by atoms with Gasteiger partial charge in [0.25, 0.3) is 5.56 Å². The first kappa shape index (κ1) is 20.8. The number of anilines is 1. The van der Waals surface area contributed by atoms with Crippen LogP contribution in [0.1, 0.15) is 25.2 Å². The van der Waals surface area contributed by atoms with Crippen LogP contribution in [0.2, 0.25) is 5.02 Å². The van der Waals surface area contributed by atoms with E-state index in [9.17, 15) is 9.59 Å². The number of nitrogens with two attached hydrogens (primary N) is 1. The molecule has 0 aliphatic carbocycles. The summed E-state index contributed by atoms with van der Waals surface area (Å²) in [6.07, 6.45) is 0.462. The molecule has 0 bridgehead atoms. The van der Waals surface area contributed by atoms with Gasteiger partial charge < -0.3 is 21.5 Å². The Hall–Kier alpha value is -2.94. The van der Waals surface area contributed by atoms with Crippen LogP contribution >= 0.6 is 11.6 Å². The largest absolute Gasteiger partial charge is 0.396 e. The highest BCUT2D eigenvalue weighted by Crippen LogP contribution is 2.23. The smallest absolute Gasteiger partial charge is 0.319 e. The number of nitrogens with one attached hydrogen (secondary N) is 2. The SMILES string of the molecule is CC(N)c1nc2cccc(Cl)c2c(=O)n1-c1cccc(NC(=O)NCCCO)c1. The second-order valence-electron chi connectivity index (χ2n) is 6.54. The summed E-state index contributed by atoms with van der Waals surface area (Å²) in [7, 11) is 0. The van der Waals surface area contributed by atoms with Crippen molar-refractivity contribution in [1.29, 1.82) is 0 Å². The van der Waals surface area contributed by atoms with Crippen molar-refractivity contribution in [3.63, 3.8) is 0 Å². The molecule has 0 spiro atoms. The summed E-state index contributed by atoms with van der Waals surface area (Å²) in [6, 6.07) is 11.0. The second-order valence-corrected chi connectivity index (χ2v) is 6.95. The number of nitrogens with zero attached hydrogens (tertiary/aromatic N) is 2. The maximum absolute atomic E-state index is 13.2. The molecular weight excluding hydrogens is 394 g/mol. The molecule has 1 heterocycles. The first-order valence-corrected chi connectivity index (χ1v) is 9.53. The number of rotatable bonds is 6. The van der Waals surface area contributed by atoms with Gasteiger partial charge in [-0.3, -0.25) is 9.36 Å². The van der Waals surface area contributed by atoms with Gasteiger partial charge in [0.1, 0.15) is 5.82 Å². The zero-order valence-electron chi connectivity index (χ0n) is 15.9. The number of aliphatic hydroxyl groups excluding tert-OH is 1. The molecule has 2 aromatic carbocycles. The Morgan fingerprint density at radius 1 is 1.31 bits per heavy atom. The molecule has 9 heteroatoms. The number of urea groups is 1. The van der Waals surface area contributed by atoms with E-state index in [0.29, 0.717) is 46.1 Å². The van der Waals surface area contributed by atoms with Gasteiger partial charge in [-0.1, -0.05) is 23.7 Å². The second kappa shape index (κ2) is 9.04. The van der Waals surface area contributed by atoms with E-state index in [-0.39, 0.29) is 12.2 Å². The molecule has 29 heavy (non-hydrogen) atoms. The average Bonchev–Trinajstić information content (AvgIpc) is 2.68. The van der Waals surface area contributed by atoms with Crippen molar-refractivity contribution in [2.24, 2.45) is 5.73 Å². The van der Waals surface area contributed by atoms with Gasteiger partial charge in [-0.2, -0.15) is 0 Å². The fourth-order valence-corrected chi connectivity index (χ4v) is 3.19. The molecule has 5 N–H and O–H groups in total. The van der Waals surface area contributed by atoms with E-state index < -0.39 is 12.1 Å². The number of fused-ring (bicyclic) bond motifs is 1. The van der Waals surface area contributed by atoms with Gasteiger partial charge in [-0.25, -0.2) is 9.78 Å². The number of hydrogen-bond donors (Lipinski definition) is 4. The van der Waals surface area contributed by atoms with Crippen LogP contribution in [0, 0.1) is 0 Å². The van der Waals surface area contributed by atoms with Gasteiger partial charge in [-0.15, -0.1) is 0 Å². The van der Waals surface area contributed by atoms with Gasteiger partial charge in [0.2, 0.25) is 0 Å². The zero-order chi connectivity index (χ0) is 21.0. The first-order valence-electron chi connectivity index (χ1n) is 9.15. The van der Waals surface area contributed by atoms with Crippen molar-refractivity contribution >= 4 is 34.2 Å². The summed E-state index contributed by atoms with van der Waals surface area (Å²) in [5.74, 6) is 0.384. The Kier molecular flexibility index (Phi) is 6.48. The fourth-order valence-electron chi connectivity index (χ4n) is 2.94. The maximum Gasteiger partial charge on any atom is 0.319 e. The first-order chi connectivity index (χ1) is 13.9. The summed E-state index contributed by atoms with van der Waals surface area (Å²) in [4.78, 5) is 29.8. The molecule has 0 saturated carbocycles. The summed E-state index contributed by atoms with van der Waals surface area (Å²) in [6.45, 7) is 2.09. The molecule has 1 aromatic heterocycles. The number of aliphatic hydroxyl groups is 1. The van der Waals surface area contributed by atoms with Crippen LogP contribution in [0.3, 0.4) is 0 Å². The molecule has 152 valence electrons. The number of carbonyl (C=O) groups is 1. The predicted molar refractivity (Wildman–Crippen MR) is 114 cm³/mol. The molecule has 0 radical (unpaired) electrons. The van der Waals surface area contributed by atoms with E-state index in [0.717, 1.165) is 0 Å². The molecule has 8 nitrogen and oxygen atoms in total. The van der Waals surface area contributed by atoms with Crippen molar-refractivity contribution in [3.05, 3.63) is 63.7 Å². The van der Waals surface area contributed by atoms with Crippen molar-refractivity contribution in [1.82, 2.24) is 14.9 Å². The lowest BCUT2D eigenvalue weighted by Gasteiger charge is -2.17. The molecule has 3 rings (SSSR count). The number of aromatic nitrogens is 2. The number of carbonyl (C=O) groups excluding carboxylic acids is 1. The molecule has 1 unspecified atom stereocenters. The summed E-state index contributed by atoms with van der Waals surface area (Å²) < 4.78 is 1.41. The average molecular weight is 416 g/mol. The Labute approximate surface area is 172 Å². The van der Waals surface area contributed by atoms with Crippen molar-refractivity contribution < 1.29 is 9.90 Å². The number of benzene rings is 2. The minimum absolute atomic E-state index is 0.00372. The van der Waals surface area contributed by atoms with Crippen LogP contribution in [-0.4, -0.2) is 33.8 Å². The van der Waals surface area contributed by atoms with E-state index in [2.05, 4.69) is 15.6 Å². The third-order valence-electron chi connectivity index (χ3n) is 4.26. The van der Waals surface area contributed by atoms with Gasteiger partial charge in [0, 0.05) is 18.8 Å². The van der Waals surface area contributed by atoms with E-state index in [1.54, 1.807) is 49.4 Å². The van der Waals surface area contributed by atoms with E-state index in [4.69, 9.17) is 22.4 Å². The Morgan fingerprint density at radius 2 is 2.07 bits per heavy atom. The molecule has 0 aliphatic heterocycles. The summed E-state index contributed by atoms with van der Waals surface area (Å²) in [5.41, 5.74) is 7.22. The molecule has 0 aliphatic rings. The lowest BCUT2D eigenvalue weighted by molar-refractivity contribution is 0.249. The molecule has 0 fully saturated rings. The highest BCUT2D eigenvalue weighted by atomic mass is 35.5. The third kappa shape index (κ3) is 4.56. The maximum atomic E-state index is 13.2. The monoisotopic (exact) mass is 415 g/mol. The zero-order valence-corrected chi connectivity index (χ0v) is 16.6. The van der Waals surface area contributed by atoms with Crippen molar-refractivity contribution in [2.45, 2.75) is 19.4 Å². The topological polar surface area (TPSA) is 122 Å². The van der Waals surface area contributed by atoms with E-state index >= 15 is 0 Å². The lowest BCUT2D eigenvalue weighted by Crippen LogP contribution is -2.30. The summed E-state index contributed by atoms with van der Waals surface area (Å²) >= 11 is 6.25. The van der Waals surface area contributed by atoms with Crippen molar-refractivity contribution in [2.75, 3.05) is 18.5 Å². The summed E-state index contributed by atoms with van der Waals surface area (Å²) in [5, 5.41) is 14.7. The van der Waals surface area contributed by atoms with E-state index in [1.807, 2.05) is 0 Å². The van der Waals surface area contributed by atoms with Crippen LogP contribution < -0.4 is 21.9 Å². The molecular formula is C20H22ClN5O3. The fraction of sp³-hybridized carbons (Fsp3) is 0.250. The third-order valence-corrected chi connectivity index (χ3v) is 4.58. The number of amides is 2. The predicted octanol–water partition coefficient (Wildman–Crippen LogP) is 2.56. The highest BCUT2D eigenvalue weighted by molar-refractivity contribution is 6.35. The minimum atomic E-state index is -0.510. The number of hydrogen-bond acceptors (Lipinski definition) is 5. The normalized spacial score (nSPS) is 12.0. The highest BCUT2D eigenvalue weighted by Gasteiger charge is 2.17. The Morgan fingerprint density at radius 3 is 2.79 bits per heavy atom. The van der Waals surface area contributed by atoms with Gasteiger partial charge in [0.05, 0.1) is 27.7 Å². The van der Waals surface area contributed by atoms with Gasteiger partial charge in [0.15, 0.2) is 0 Å². The lowest BCUT2D eigenvalue weighted by atomic mass is 10.2. The minimum Gasteiger partial charge on any atom is -0.396 e.